The summed E-state index contributed by atoms with van der Waals surface area (Å²) in [5.74, 6) is -0.122. The number of carboxylic acids is 1. The molecule has 3 rings (SSSR count). The van der Waals surface area contributed by atoms with Gasteiger partial charge in [-0.05, 0) is 25.5 Å². The molecule has 2 aromatic heterocycles. The van der Waals surface area contributed by atoms with Crippen molar-refractivity contribution in [1.82, 2.24) is 19.5 Å². The number of carbonyl (C=O) groups excluding carboxylic acids is 1. The molecular formula is C17H18N5O3S-. The summed E-state index contributed by atoms with van der Waals surface area (Å²) in [7, 11) is 0. The number of hydrogen-bond acceptors (Lipinski definition) is 8. The zero-order valence-electron chi connectivity index (χ0n) is 14.4. The Labute approximate surface area is 154 Å². The number of fused-ring (bicyclic) bond motifs is 1. The molecule has 0 amide bonds. The summed E-state index contributed by atoms with van der Waals surface area (Å²) < 4.78 is 7.62. The molecule has 3 aromatic rings. The predicted molar refractivity (Wildman–Crippen MR) is 96.7 cm³/mol. The van der Waals surface area contributed by atoms with Crippen LogP contribution in [0.4, 0.5) is 5.82 Å². The van der Waals surface area contributed by atoms with E-state index in [4.69, 9.17) is 10.5 Å². The Kier molecular flexibility index (Phi) is 5.27. The minimum Gasteiger partial charge on any atom is -0.549 e. The van der Waals surface area contributed by atoms with Crippen LogP contribution in [-0.2, 0) is 11.3 Å². The summed E-state index contributed by atoms with van der Waals surface area (Å²) in [5, 5.41) is 10.8. The number of nitrogens with two attached hydrogens (primary N) is 1. The van der Waals surface area contributed by atoms with Crippen LogP contribution in [0, 0.1) is 6.92 Å². The molecule has 0 radical (unpaired) electrons. The number of aryl methyl sites for hydroxylation is 1. The zero-order valence-corrected chi connectivity index (χ0v) is 15.2. The van der Waals surface area contributed by atoms with Crippen LogP contribution in [0.5, 0.6) is 5.75 Å². The van der Waals surface area contributed by atoms with Crippen molar-refractivity contribution in [3.05, 3.63) is 36.2 Å². The molecule has 1 aromatic carbocycles. The Morgan fingerprint density at radius 1 is 1.38 bits per heavy atom. The Morgan fingerprint density at radius 2 is 2.15 bits per heavy atom. The average molecular weight is 372 g/mol. The summed E-state index contributed by atoms with van der Waals surface area (Å²) in [6, 6.07) is 7.72. The van der Waals surface area contributed by atoms with Crippen molar-refractivity contribution in [2.75, 3.05) is 12.3 Å². The van der Waals surface area contributed by atoms with E-state index >= 15 is 0 Å². The highest BCUT2D eigenvalue weighted by Crippen LogP contribution is 2.28. The first-order chi connectivity index (χ1) is 12.5. The molecule has 0 fully saturated rings. The van der Waals surface area contributed by atoms with Crippen LogP contribution in [0.3, 0.4) is 0 Å². The quantitative estimate of drug-likeness (QED) is 0.611. The minimum absolute atomic E-state index is 0.247. The monoisotopic (exact) mass is 372 g/mol. The number of aliphatic carboxylic acids is 1. The first-order valence-electron chi connectivity index (χ1n) is 8.00. The number of aromatic nitrogens is 4. The number of para-hydroxylation sites is 1. The molecule has 0 saturated carbocycles. The smallest absolute Gasteiger partial charge is 0.171 e. The molecule has 0 aliphatic heterocycles. The Morgan fingerprint density at radius 3 is 2.88 bits per heavy atom. The lowest BCUT2D eigenvalue weighted by atomic mass is 10.2. The van der Waals surface area contributed by atoms with Gasteiger partial charge in [-0.25, -0.2) is 15.0 Å². The molecule has 26 heavy (non-hydrogen) atoms. The number of carbonyl (C=O) groups is 1. The highest BCUT2D eigenvalue weighted by atomic mass is 32.2. The van der Waals surface area contributed by atoms with Crippen molar-refractivity contribution in [2.45, 2.75) is 30.8 Å². The second-order valence-corrected chi connectivity index (χ2v) is 6.98. The number of nitrogen functional groups attached to an aromatic ring is 1. The number of imidazole rings is 1. The average Bonchev–Trinajstić information content (AvgIpc) is 2.95. The van der Waals surface area contributed by atoms with Crippen LogP contribution < -0.4 is 15.6 Å². The first-order valence-corrected chi connectivity index (χ1v) is 8.88. The van der Waals surface area contributed by atoms with E-state index in [1.165, 1.54) is 6.33 Å². The van der Waals surface area contributed by atoms with Crippen molar-refractivity contribution in [1.29, 1.82) is 0 Å². The number of nitrogens with zero attached hydrogens (tertiary/aromatic N) is 4. The van der Waals surface area contributed by atoms with Crippen molar-refractivity contribution < 1.29 is 14.6 Å². The van der Waals surface area contributed by atoms with Gasteiger partial charge < -0.3 is 24.9 Å². The number of rotatable bonds is 7. The van der Waals surface area contributed by atoms with Gasteiger partial charge in [0.05, 0.1) is 12.5 Å². The van der Waals surface area contributed by atoms with Gasteiger partial charge in [-0.15, -0.1) is 0 Å². The van der Waals surface area contributed by atoms with E-state index in [-0.39, 0.29) is 5.82 Å². The van der Waals surface area contributed by atoms with Crippen LogP contribution in [0.15, 0.2) is 35.7 Å². The molecule has 9 heteroatoms. The summed E-state index contributed by atoms with van der Waals surface area (Å²) in [6.45, 7) is 4.32. The Balaban J connectivity index is 1.86. The van der Waals surface area contributed by atoms with Crippen molar-refractivity contribution in [2.24, 2.45) is 0 Å². The molecule has 2 N–H and O–H groups in total. The van der Waals surface area contributed by atoms with Crippen LogP contribution in [0.25, 0.3) is 11.2 Å². The standard InChI is InChI=1S/C17H19N5O3S/c1-10-5-3-4-6-12(10)25-8-7-22-15-13(14(18)19-9-20-15)21-17(22)26-11(2)16(23)24/h3-6,9,11H,7-8H2,1-2H3,(H,23,24)(H2,18,19,20)/p-1/t11-/m0/s1. The Hall–Kier alpha value is -2.81. The van der Waals surface area contributed by atoms with E-state index in [1.807, 2.05) is 31.2 Å². The van der Waals surface area contributed by atoms with E-state index in [1.54, 1.807) is 11.5 Å². The number of ether oxygens (including phenoxy) is 1. The van der Waals surface area contributed by atoms with Crippen molar-refractivity contribution in [3.8, 4) is 5.75 Å². The van der Waals surface area contributed by atoms with E-state index < -0.39 is 11.2 Å². The van der Waals surface area contributed by atoms with E-state index in [9.17, 15) is 9.90 Å². The van der Waals surface area contributed by atoms with Gasteiger partial charge in [0.1, 0.15) is 18.7 Å². The van der Waals surface area contributed by atoms with Gasteiger partial charge in [0.15, 0.2) is 22.1 Å². The van der Waals surface area contributed by atoms with Crippen LogP contribution in [-0.4, -0.2) is 37.3 Å². The maximum atomic E-state index is 11.1. The maximum Gasteiger partial charge on any atom is 0.171 e. The summed E-state index contributed by atoms with van der Waals surface area (Å²) >= 11 is 1.07. The van der Waals surface area contributed by atoms with Gasteiger partial charge in [0, 0.05) is 5.25 Å². The minimum atomic E-state index is -1.16. The fourth-order valence-electron chi connectivity index (χ4n) is 2.40. The molecule has 136 valence electrons. The molecule has 0 aliphatic rings. The highest BCUT2D eigenvalue weighted by molar-refractivity contribution is 8.00. The topological polar surface area (TPSA) is 119 Å². The molecular weight excluding hydrogens is 354 g/mol. The lowest BCUT2D eigenvalue weighted by Gasteiger charge is -2.14. The second kappa shape index (κ2) is 7.61. The Bertz CT molecular complexity index is 943. The third kappa shape index (κ3) is 3.72. The number of hydrogen-bond donors (Lipinski definition) is 1. The van der Waals surface area contributed by atoms with Gasteiger partial charge >= 0.3 is 0 Å². The zero-order chi connectivity index (χ0) is 18.7. The molecule has 0 unspecified atom stereocenters. The van der Waals surface area contributed by atoms with Crippen LogP contribution >= 0.6 is 11.8 Å². The highest BCUT2D eigenvalue weighted by Gasteiger charge is 2.18. The summed E-state index contributed by atoms with van der Waals surface area (Å²) in [4.78, 5) is 23.7. The molecule has 2 heterocycles. The third-order valence-corrected chi connectivity index (χ3v) is 4.87. The molecule has 8 nitrogen and oxygen atoms in total. The fourth-order valence-corrected chi connectivity index (χ4v) is 3.26. The lowest BCUT2D eigenvalue weighted by molar-refractivity contribution is -0.304. The first kappa shape index (κ1) is 18.0. The van der Waals surface area contributed by atoms with Gasteiger partial charge in [0.25, 0.3) is 0 Å². The normalized spacial score (nSPS) is 12.2. The van der Waals surface area contributed by atoms with Crippen LogP contribution in [0.2, 0.25) is 0 Å². The van der Waals surface area contributed by atoms with Gasteiger partial charge in [-0.1, -0.05) is 30.0 Å². The SMILES string of the molecule is Cc1ccccc1OCCn1c(S[C@@H](C)C(=O)[O-])nc2c(N)ncnc21. The number of benzene rings is 1. The summed E-state index contributed by atoms with van der Waals surface area (Å²) in [5.41, 5.74) is 7.89. The molecule has 1 atom stereocenters. The predicted octanol–water partition coefficient (Wildman–Crippen LogP) is 1.03. The summed E-state index contributed by atoms with van der Waals surface area (Å²) in [6.07, 6.45) is 1.36. The van der Waals surface area contributed by atoms with E-state index in [2.05, 4.69) is 15.0 Å². The number of anilines is 1. The van der Waals surface area contributed by atoms with Crippen molar-refractivity contribution >= 4 is 34.7 Å². The molecule has 0 saturated heterocycles. The second-order valence-electron chi connectivity index (χ2n) is 5.67. The largest absolute Gasteiger partial charge is 0.549 e. The number of carboxylic acid groups (broad SMARTS) is 1. The third-order valence-electron chi connectivity index (χ3n) is 3.81. The van der Waals surface area contributed by atoms with Gasteiger partial charge in [-0.3, -0.25) is 0 Å². The van der Waals surface area contributed by atoms with Crippen molar-refractivity contribution in [3.63, 3.8) is 0 Å². The van der Waals surface area contributed by atoms with E-state index in [0.717, 1.165) is 23.1 Å². The maximum absolute atomic E-state index is 11.1. The fraction of sp³-hybridized carbons (Fsp3) is 0.294. The molecule has 0 spiro atoms. The van der Waals surface area contributed by atoms with Gasteiger partial charge in [-0.2, -0.15) is 0 Å². The van der Waals surface area contributed by atoms with Crippen LogP contribution in [0.1, 0.15) is 12.5 Å². The van der Waals surface area contributed by atoms with Gasteiger partial charge in [0.2, 0.25) is 0 Å². The van der Waals surface area contributed by atoms with E-state index in [0.29, 0.717) is 29.5 Å². The lowest BCUT2D eigenvalue weighted by Crippen LogP contribution is -2.31. The number of thioether (sulfide) groups is 1. The molecule has 0 bridgehead atoms. The molecule has 0 aliphatic carbocycles.